The molecule has 0 unspecified atom stereocenters. The van der Waals surface area contributed by atoms with Crippen LogP contribution in [-0.2, 0) is 25.3 Å². The highest BCUT2D eigenvalue weighted by atomic mass is 19.4. The van der Waals surface area contributed by atoms with Gasteiger partial charge in [-0.25, -0.2) is 9.97 Å². The molecule has 1 N–H and O–H groups in total. The molecular weight excluding hydrogens is 264 g/mol. The lowest BCUT2D eigenvalue weighted by Crippen LogP contribution is -2.30. The number of fused-ring (bicyclic) bond motifs is 1. The van der Waals surface area contributed by atoms with Crippen molar-refractivity contribution >= 4 is 0 Å². The molecule has 3 nitrogen and oxygen atoms in total. The lowest BCUT2D eigenvalue weighted by molar-refractivity contribution is -0.153. The van der Waals surface area contributed by atoms with Crippen LogP contribution in [0.25, 0.3) is 0 Å². The second-order valence-corrected chi connectivity index (χ2v) is 3.74. The van der Waals surface area contributed by atoms with Crippen LogP contribution in [0, 0.1) is 0 Å². The number of hydrogen-bond donors (Lipinski definition) is 1. The Balaban J connectivity index is 2.63. The summed E-state index contributed by atoms with van der Waals surface area (Å²) in [6.07, 6.45) is -9.95. The van der Waals surface area contributed by atoms with Crippen molar-refractivity contribution in [3.05, 3.63) is 22.8 Å². The van der Waals surface area contributed by atoms with Crippen LogP contribution in [0.2, 0.25) is 0 Å². The highest BCUT2D eigenvalue weighted by Crippen LogP contribution is 2.35. The van der Waals surface area contributed by atoms with E-state index in [0.717, 1.165) is 0 Å². The monoisotopic (exact) mass is 271 g/mol. The van der Waals surface area contributed by atoms with Crippen molar-refractivity contribution in [2.24, 2.45) is 0 Å². The number of nitrogens with zero attached hydrogens (tertiary/aromatic N) is 2. The molecule has 0 aromatic carbocycles. The van der Waals surface area contributed by atoms with Gasteiger partial charge in [-0.15, -0.1) is 0 Å². The van der Waals surface area contributed by atoms with Crippen LogP contribution in [0.3, 0.4) is 0 Å². The number of halogens is 6. The normalized spacial score (nSPS) is 16.6. The average molecular weight is 271 g/mol. The minimum Gasteiger partial charge on any atom is -0.311 e. The molecule has 100 valence electrons. The fourth-order valence-electron chi connectivity index (χ4n) is 1.72. The van der Waals surface area contributed by atoms with Crippen molar-refractivity contribution in [2.75, 3.05) is 6.54 Å². The predicted octanol–water partition coefficient (Wildman–Crippen LogP) is 2.16. The standard InChI is InChI=1S/C9H7F6N3/c10-8(11,12)6-4-1-2-16-3-5(4)17-7(18-6)9(13,14)15/h16H,1-3H2. The van der Waals surface area contributed by atoms with Crippen LogP contribution in [-0.4, -0.2) is 16.5 Å². The molecule has 1 aromatic rings. The van der Waals surface area contributed by atoms with Crippen molar-refractivity contribution in [1.29, 1.82) is 0 Å². The molecule has 0 saturated carbocycles. The molecule has 9 heteroatoms. The topological polar surface area (TPSA) is 37.8 Å². The van der Waals surface area contributed by atoms with Gasteiger partial charge in [-0.05, 0) is 13.0 Å². The van der Waals surface area contributed by atoms with Crippen LogP contribution < -0.4 is 5.32 Å². The summed E-state index contributed by atoms with van der Waals surface area (Å²) in [6, 6.07) is 0. The minimum atomic E-state index is -4.99. The Hall–Kier alpha value is -1.38. The first-order valence-electron chi connectivity index (χ1n) is 4.94. The van der Waals surface area contributed by atoms with E-state index in [9.17, 15) is 26.3 Å². The average Bonchev–Trinajstić information content (AvgIpc) is 2.25. The largest absolute Gasteiger partial charge is 0.451 e. The van der Waals surface area contributed by atoms with Gasteiger partial charge < -0.3 is 5.32 Å². The lowest BCUT2D eigenvalue weighted by atomic mass is 10.0. The van der Waals surface area contributed by atoms with E-state index >= 15 is 0 Å². The smallest absolute Gasteiger partial charge is 0.311 e. The van der Waals surface area contributed by atoms with E-state index in [1.165, 1.54) is 0 Å². The molecule has 2 heterocycles. The summed E-state index contributed by atoms with van der Waals surface area (Å²) in [7, 11) is 0. The first-order valence-corrected chi connectivity index (χ1v) is 4.94. The number of nitrogens with one attached hydrogen (secondary N) is 1. The van der Waals surface area contributed by atoms with Crippen molar-refractivity contribution in [3.63, 3.8) is 0 Å². The van der Waals surface area contributed by atoms with Gasteiger partial charge in [0, 0.05) is 12.1 Å². The SMILES string of the molecule is FC(F)(F)c1nc2c(c(C(F)(F)F)n1)CCNC2. The van der Waals surface area contributed by atoms with Gasteiger partial charge in [0.2, 0.25) is 5.82 Å². The molecule has 0 saturated heterocycles. The van der Waals surface area contributed by atoms with Crippen molar-refractivity contribution in [2.45, 2.75) is 25.3 Å². The number of aromatic nitrogens is 2. The third-order valence-corrected chi connectivity index (χ3v) is 2.46. The summed E-state index contributed by atoms with van der Waals surface area (Å²) in [5.41, 5.74) is -1.98. The molecule has 1 aromatic heterocycles. The van der Waals surface area contributed by atoms with Crippen LogP contribution in [0.4, 0.5) is 26.3 Å². The van der Waals surface area contributed by atoms with E-state index in [1.807, 2.05) is 0 Å². The molecule has 0 radical (unpaired) electrons. The third-order valence-electron chi connectivity index (χ3n) is 2.46. The van der Waals surface area contributed by atoms with Crippen LogP contribution in [0.5, 0.6) is 0 Å². The van der Waals surface area contributed by atoms with Crippen LogP contribution in [0.1, 0.15) is 22.8 Å². The Morgan fingerprint density at radius 1 is 0.944 bits per heavy atom. The molecule has 0 aliphatic carbocycles. The van der Waals surface area contributed by atoms with Crippen molar-refractivity contribution < 1.29 is 26.3 Å². The molecule has 0 fully saturated rings. The summed E-state index contributed by atoms with van der Waals surface area (Å²) >= 11 is 0. The third kappa shape index (κ3) is 2.40. The first-order chi connectivity index (χ1) is 8.19. The molecule has 0 spiro atoms. The molecule has 18 heavy (non-hydrogen) atoms. The molecule has 2 rings (SSSR count). The molecule has 0 bridgehead atoms. The Morgan fingerprint density at radius 2 is 1.61 bits per heavy atom. The number of rotatable bonds is 0. The van der Waals surface area contributed by atoms with Gasteiger partial charge in [0.25, 0.3) is 0 Å². The van der Waals surface area contributed by atoms with E-state index in [0.29, 0.717) is 0 Å². The van der Waals surface area contributed by atoms with Gasteiger partial charge in [0.1, 0.15) is 0 Å². The first kappa shape index (κ1) is 13.1. The van der Waals surface area contributed by atoms with Crippen LogP contribution >= 0.6 is 0 Å². The quantitative estimate of drug-likeness (QED) is 0.735. The summed E-state index contributed by atoms with van der Waals surface area (Å²) in [6.45, 7) is 0.134. The molecule has 0 amide bonds. The molecule has 1 aliphatic heterocycles. The summed E-state index contributed by atoms with van der Waals surface area (Å²) in [5, 5.41) is 2.67. The lowest BCUT2D eigenvalue weighted by Gasteiger charge is -2.21. The van der Waals surface area contributed by atoms with Gasteiger partial charge in [-0.2, -0.15) is 26.3 Å². The summed E-state index contributed by atoms with van der Waals surface area (Å²) in [4.78, 5) is 5.80. The fraction of sp³-hybridized carbons (Fsp3) is 0.556. The van der Waals surface area contributed by atoms with E-state index in [4.69, 9.17) is 0 Å². The highest BCUT2D eigenvalue weighted by Gasteiger charge is 2.42. The number of hydrogen-bond acceptors (Lipinski definition) is 3. The van der Waals surface area contributed by atoms with E-state index in [1.54, 1.807) is 0 Å². The van der Waals surface area contributed by atoms with Gasteiger partial charge >= 0.3 is 12.4 Å². The van der Waals surface area contributed by atoms with E-state index in [2.05, 4.69) is 15.3 Å². The van der Waals surface area contributed by atoms with Gasteiger partial charge in [0.15, 0.2) is 5.69 Å². The second kappa shape index (κ2) is 4.08. The fourth-order valence-corrected chi connectivity index (χ4v) is 1.72. The predicted molar refractivity (Wildman–Crippen MR) is 47.4 cm³/mol. The minimum absolute atomic E-state index is 0.0394. The maximum Gasteiger partial charge on any atom is 0.451 e. The maximum atomic E-state index is 12.7. The second-order valence-electron chi connectivity index (χ2n) is 3.74. The Labute approximate surface area is 97.2 Å². The van der Waals surface area contributed by atoms with Crippen LogP contribution in [0.15, 0.2) is 0 Å². The Bertz CT molecular complexity index is 465. The van der Waals surface area contributed by atoms with E-state index in [-0.39, 0.29) is 30.8 Å². The molecule has 0 atom stereocenters. The van der Waals surface area contributed by atoms with Gasteiger partial charge in [0.05, 0.1) is 5.69 Å². The Kier molecular flexibility index (Phi) is 2.96. The zero-order valence-electron chi connectivity index (χ0n) is 8.78. The Morgan fingerprint density at radius 3 is 2.17 bits per heavy atom. The van der Waals surface area contributed by atoms with Crippen molar-refractivity contribution in [3.8, 4) is 0 Å². The number of alkyl halides is 6. The molecule has 1 aliphatic rings. The highest BCUT2D eigenvalue weighted by molar-refractivity contribution is 5.30. The van der Waals surface area contributed by atoms with Gasteiger partial charge in [-0.1, -0.05) is 0 Å². The zero-order valence-corrected chi connectivity index (χ0v) is 8.78. The van der Waals surface area contributed by atoms with E-state index < -0.39 is 23.9 Å². The molecular formula is C9H7F6N3. The maximum absolute atomic E-state index is 12.7. The van der Waals surface area contributed by atoms with Crippen molar-refractivity contribution in [1.82, 2.24) is 15.3 Å². The zero-order chi connectivity index (χ0) is 13.6. The summed E-state index contributed by atoms with van der Waals surface area (Å²) in [5.74, 6) is -1.75. The van der Waals surface area contributed by atoms with Gasteiger partial charge in [-0.3, -0.25) is 0 Å². The summed E-state index contributed by atoms with van der Waals surface area (Å²) < 4.78 is 75.2.